The van der Waals surface area contributed by atoms with Gasteiger partial charge in [-0.1, -0.05) is 0 Å². The number of nitrogens with zero attached hydrogens (tertiary/aromatic N) is 1. The number of sulfonamides is 1. The summed E-state index contributed by atoms with van der Waals surface area (Å²) in [5.41, 5.74) is -0.668. The first-order valence-corrected chi connectivity index (χ1v) is 6.42. The van der Waals surface area contributed by atoms with Gasteiger partial charge in [-0.05, 0) is 26.0 Å². The van der Waals surface area contributed by atoms with Crippen molar-refractivity contribution in [3.05, 3.63) is 24.1 Å². The minimum Gasteiger partial charge on any atom is -0.377 e. The van der Waals surface area contributed by atoms with Crippen molar-refractivity contribution in [2.75, 3.05) is 13.7 Å². The minimum atomic E-state index is -3.95. The lowest BCUT2D eigenvalue weighted by atomic mass is 10.1. The minimum absolute atomic E-state index is 0.0296. The summed E-state index contributed by atoms with van der Waals surface area (Å²) in [5.74, 6) is -0.879. The third-order valence-electron chi connectivity index (χ3n) is 2.22. The first-order chi connectivity index (χ1) is 7.78. The van der Waals surface area contributed by atoms with Crippen LogP contribution in [0.5, 0.6) is 0 Å². The Labute approximate surface area is 100 Å². The van der Waals surface area contributed by atoms with E-state index in [1.54, 1.807) is 13.8 Å². The molecule has 17 heavy (non-hydrogen) atoms. The number of pyridine rings is 1. The fraction of sp³-hybridized carbons (Fsp3) is 0.500. The summed E-state index contributed by atoms with van der Waals surface area (Å²) in [6.45, 7) is 3.45. The number of halogens is 1. The summed E-state index contributed by atoms with van der Waals surface area (Å²) in [7, 11) is -2.48. The number of hydrogen-bond donors (Lipinski definition) is 1. The highest BCUT2D eigenvalue weighted by Gasteiger charge is 2.24. The predicted molar refractivity (Wildman–Crippen MR) is 60.5 cm³/mol. The van der Waals surface area contributed by atoms with E-state index in [-0.39, 0.29) is 6.54 Å². The Kier molecular flexibility index (Phi) is 4.18. The SMILES string of the molecule is COC(C)(C)CNS(=O)(=O)c1ncccc1F. The molecule has 0 atom stereocenters. The van der Waals surface area contributed by atoms with Gasteiger partial charge in [-0.25, -0.2) is 22.5 Å². The van der Waals surface area contributed by atoms with E-state index in [1.165, 1.54) is 19.4 Å². The molecule has 0 aliphatic heterocycles. The molecule has 96 valence electrons. The van der Waals surface area contributed by atoms with Crippen LogP contribution in [0, 0.1) is 5.82 Å². The van der Waals surface area contributed by atoms with Crippen molar-refractivity contribution in [1.29, 1.82) is 0 Å². The zero-order chi connectivity index (χ0) is 13.1. The molecule has 0 fully saturated rings. The van der Waals surface area contributed by atoms with Gasteiger partial charge in [0.05, 0.1) is 5.60 Å². The molecule has 0 unspecified atom stereocenters. The molecule has 0 bridgehead atoms. The molecule has 7 heteroatoms. The standard InChI is InChI=1S/C10H15FN2O3S/c1-10(2,16-3)7-13-17(14,15)9-8(11)5-4-6-12-9/h4-6,13H,7H2,1-3H3. The highest BCUT2D eigenvalue weighted by atomic mass is 32.2. The second-order valence-corrected chi connectivity index (χ2v) is 5.76. The normalized spacial score (nSPS) is 12.7. The molecule has 0 radical (unpaired) electrons. The molecular weight excluding hydrogens is 247 g/mol. The largest absolute Gasteiger partial charge is 0.377 e. The van der Waals surface area contributed by atoms with Crippen molar-refractivity contribution < 1.29 is 17.5 Å². The zero-order valence-corrected chi connectivity index (χ0v) is 10.7. The van der Waals surface area contributed by atoms with Gasteiger partial charge in [0.1, 0.15) is 0 Å². The zero-order valence-electron chi connectivity index (χ0n) is 9.90. The van der Waals surface area contributed by atoms with Crippen LogP contribution in [0.2, 0.25) is 0 Å². The van der Waals surface area contributed by atoms with Crippen LogP contribution in [0.15, 0.2) is 23.4 Å². The molecule has 1 N–H and O–H groups in total. The van der Waals surface area contributed by atoms with Crippen molar-refractivity contribution in [3.8, 4) is 0 Å². The van der Waals surface area contributed by atoms with Crippen LogP contribution in [0.25, 0.3) is 0 Å². The summed E-state index contributed by atoms with van der Waals surface area (Å²) in [5, 5.41) is -0.605. The van der Waals surface area contributed by atoms with E-state index in [9.17, 15) is 12.8 Å². The molecule has 1 aromatic heterocycles. The van der Waals surface area contributed by atoms with Gasteiger partial charge in [0.25, 0.3) is 10.0 Å². The summed E-state index contributed by atoms with van der Waals surface area (Å²) in [6.07, 6.45) is 1.22. The lowest BCUT2D eigenvalue weighted by Crippen LogP contribution is -2.40. The molecular formula is C10H15FN2O3S. The number of methoxy groups -OCH3 is 1. The van der Waals surface area contributed by atoms with Crippen LogP contribution < -0.4 is 4.72 Å². The van der Waals surface area contributed by atoms with Gasteiger partial charge in [-0.15, -0.1) is 0 Å². The van der Waals surface area contributed by atoms with Crippen LogP contribution >= 0.6 is 0 Å². The van der Waals surface area contributed by atoms with Crippen LogP contribution in [0.3, 0.4) is 0 Å². The number of hydrogen-bond acceptors (Lipinski definition) is 4. The van der Waals surface area contributed by atoms with Gasteiger partial charge in [-0.3, -0.25) is 0 Å². The van der Waals surface area contributed by atoms with Gasteiger partial charge >= 0.3 is 0 Å². The molecule has 1 heterocycles. The van der Waals surface area contributed by atoms with E-state index < -0.39 is 26.5 Å². The Balaban J connectivity index is 2.88. The van der Waals surface area contributed by atoms with Gasteiger partial charge < -0.3 is 4.74 Å². The molecule has 0 aromatic carbocycles. The average molecular weight is 262 g/mol. The third kappa shape index (κ3) is 3.72. The molecule has 1 rings (SSSR count). The first-order valence-electron chi connectivity index (χ1n) is 4.94. The second-order valence-electron chi connectivity index (χ2n) is 4.08. The Morgan fingerprint density at radius 1 is 1.53 bits per heavy atom. The smallest absolute Gasteiger partial charge is 0.261 e. The van der Waals surface area contributed by atoms with Crippen molar-refractivity contribution in [3.63, 3.8) is 0 Å². The van der Waals surface area contributed by atoms with Crippen LogP contribution in [-0.2, 0) is 14.8 Å². The molecule has 0 saturated carbocycles. The lowest BCUT2D eigenvalue weighted by Gasteiger charge is -2.22. The van der Waals surface area contributed by atoms with E-state index in [4.69, 9.17) is 4.74 Å². The molecule has 0 aliphatic carbocycles. The van der Waals surface area contributed by atoms with Gasteiger partial charge in [0, 0.05) is 19.9 Å². The topological polar surface area (TPSA) is 68.3 Å². The van der Waals surface area contributed by atoms with Gasteiger partial charge in [0.2, 0.25) is 5.03 Å². The molecule has 5 nitrogen and oxygen atoms in total. The monoisotopic (exact) mass is 262 g/mol. The van der Waals surface area contributed by atoms with Gasteiger partial charge in [-0.2, -0.15) is 0 Å². The summed E-state index contributed by atoms with van der Waals surface area (Å²) >= 11 is 0. The fourth-order valence-electron chi connectivity index (χ4n) is 0.978. The molecule has 0 aliphatic rings. The third-order valence-corrected chi connectivity index (χ3v) is 3.55. The Bertz CT molecular complexity index is 488. The van der Waals surface area contributed by atoms with E-state index in [2.05, 4.69) is 9.71 Å². The van der Waals surface area contributed by atoms with Crippen LogP contribution in [-0.4, -0.2) is 32.7 Å². The fourth-order valence-corrected chi connectivity index (χ4v) is 2.18. The Morgan fingerprint density at radius 3 is 2.71 bits per heavy atom. The average Bonchev–Trinajstić information content (AvgIpc) is 2.27. The Morgan fingerprint density at radius 2 is 2.18 bits per heavy atom. The van der Waals surface area contributed by atoms with E-state index in [0.717, 1.165) is 6.07 Å². The van der Waals surface area contributed by atoms with Gasteiger partial charge in [0.15, 0.2) is 5.82 Å². The molecule has 0 saturated heterocycles. The number of aromatic nitrogens is 1. The van der Waals surface area contributed by atoms with Crippen LogP contribution in [0.1, 0.15) is 13.8 Å². The maximum Gasteiger partial charge on any atom is 0.261 e. The number of nitrogens with one attached hydrogen (secondary N) is 1. The highest BCUT2D eigenvalue weighted by molar-refractivity contribution is 7.89. The summed E-state index contributed by atoms with van der Waals surface area (Å²) in [4.78, 5) is 3.51. The summed E-state index contributed by atoms with van der Waals surface area (Å²) in [6, 6.07) is 2.37. The molecule has 0 amide bonds. The second kappa shape index (κ2) is 5.07. The lowest BCUT2D eigenvalue weighted by molar-refractivity contribution is 0.0276. The Hall–Kier alpha value is -1.05. The molecule has 1 aromatic rings. The van der Waals surface area contributed by atoms with Crippen molar-refractivity contribution in [1.82, 2.24) is 9.71 Å². The highest BCUT2D eigenvalue weighted by Crippen LogP contribution is 2.12. The molecule has 0 spiro atoms. The predicted octanol–water partition coefficient (Wildman–Crippen LogP) is 0.924. The number of ether oxygens (including phenoxy) is 1. The van der Waals surface area contributed by atoms with Crippen LogP contribution in [0.4, 0.5) is 4.39 Å². The maximum absolute atomic E-state index is 13.3. The van der Waals surface area contributed by atoms with Crippen molar-refractivity contribution >= 4 is 10.0 Å². The van der Waals surface area contributed by atoms with Crippen molar-refractivity contribution in [2.45, 2.75) is 24.5 Å². The quantitative estimate of drug-likeness (QED) is 0.857. The first kappa shape index (κ1) is 14.0. The van der Waals surface area contributed by atoms with E-state index >= 15 is 0 Å². The van der Waals surface area contributed by atoms with E-state index in [1.807, 2.05) is 0 Å². The maximum atomic E-state index is 13.3. The number of rotatable bonds is 5. The van der Waals surface area contributed by atoms with Crippen molar-refractivity contribution in [2.24, 2.45) is 0 Å². The summed E-state index contributed by atoms with van der Waals surface area (Å²) < 4.78 is 44.1. The van der Waals surface area contributed by atoms with E-state index in [0.29, 0.717) is 0 Å².